The second kappa shape index (κ2) is 7.89. The van der Waals surface area contributed by atoms with Gasteiger partial charge in [-0.05, 0) is 34.2 Å². The van der Waals surface area contributed by atoms with E-state index in [0.717, 1.165) is 6.61 Å². The largest absolute Gasteiger partial charge is 0.522 e. The maximum absolute atomic E-state index is 11.6. The summed E-state index contributed by atoms with van der Waals surface area (Å²) >= 11 is 0. The molecule has 0 N–H and O–H groups in total. The fourth-order valence-corrected chi connectivity index (χ4v) is 1.51. The highest BCUT2D eigenvalue weighted by Gasteiger charge is 2.35. The van der Waals surface area contributed by atoms with Gasteiger partial charge in [0.1, 0.15) is 0 Å². The van der Waals surface area contributed by atoms with Crippen molar-refractivity contribution in [3.63, 3.8) is 0 Å². The van der Waals surface area contributed by atoms with E-state index >= 15 is 0 Å². The Labute approximate surface area is 101 Å². The van der Waals surface area contributed by atoms with Crippen molar-refractivity contribution >= 4 is 0 Å². The predicted octanol–water partition coefficient (Wildman–Crippen LogP) is 2.66. The summed E-state index contributed by atoms with van der Waals surface area (Å²) in [6.45, 7) is 7.95. The van der Waals surface area contributed by atoms with Crippen LogP contribution in [0.3, 0.4) is 0 Å². The number of halogens is 3. The summed E-state index contributed by atoms with van der Waals surface area (Å²) in [5, 5.41) is 0. The zero-order valence-electron chi connectivity index (χ0n) is 10.9. The molecule has 1 saturated heterocycles. The van der Waals surface area contributed by atoms with Crippen molar-refractivity contribution in [1.82, 2.24) is 4.90 Å². The van der Waals surface area contributed by atoms with Crippen molar-refractivity contribution in [2.24, 2.45) is 0 Å². The van der Waals surface area contributed by atoms with Crippen molar-refractivity contribution in [1.29, 1.82) is 0 Å². The van der Waals surface area contributed by atoms with E-state index < -0.39 is 12.5 Å². The van der Waals surface area contributed by atoms with Crippen LogP contribution >= 0.6 is 0 Å². The van der Waals surface area contributed by atoms with E-state index in [9.17, 15) is 13.2 Å². The molecule has 0 spiro atoms. The van der Waals surface area contributed by atoms with E-state index in [1.807, 2.05) is 25.7 Å². The summed E-state index contributed by atoms with van der Waals surface area (Å²) in [5.41, 5.74) is 0. The molecule has 0 aromatic rings. The van der Waals surface area contributed by atoms with E-state index in [4.69, 9.17) is 4.74 Å². The van der Waals surface area contributed by atoms with Gasteiger partial charge in [-0.15, -0.1) is 13.2 Å². The van der Waals surface area contributed by atoms with E-state index in [1.54, 1.807) is 7.05 Å². The van der Waals surface area contributed by atoms with Crippen molar-refractivity contribution in [2.45, 2.75) is 45.8 Å². The maximum Gasteiger partial charge on any atom is 0.522 e. The van der Waals surface area contributed by atoms with Crippen LogP contribution in [0.25, 0.3) is 0 Å². The Kier molecular flexibility index (Phi) is 7.74. The van der Waals surface area contributed by atoms with Gasteiger partial charge in [0.25, 0.3) is 0 Å². The van der Waals surface area contributed by atoms with Gasteiger partial charge < -0.3 is 9.64 Å². The molecule has 0 bridgehead atoms. The third kappa shape index (κ3) is 10.5. The normalized spacial score (nSPS) is 21.5. The van der Waals surface area contributed by atoms with Gasteiger partial charge in [0, 0.05) is 19.7 Å². The van der Waals surface area contributed by atoms with Crippen LogP contribution in [0.1, 0.15) is 27.2 Å². The van der Waals surface area contributed by atoms with Gasteiger partial charge in [-0.2, -0.15) is 0 Å². The number of hydrogen-bond donors (Lipinski definition) is 0. The average molecular weight is 257 g/mol. The van der Waals surface area contributed by atoms with Crippen LogP contribution in [-0.2, 0) is 9.47 Å². The quantitative estimate of drug-likeness (QED) is 0.776. The molecule has 0 aliphatic carbocycles. The van der Waals surface area contributed by atoms with E-state index in [-0.39, 0.29) is 0 Å². The minimum atomic E-state index is -4.48. The smallest absolute Gasteiger partial charge is 0.379 e. The summed E-state index contributed by atoms with van der Waals surface area (Å²) < 4.78 is 43.7. The monoisotopic (exact) mass is 257 g/mol. The molecular weight excluding hydrogens is 235 g/mol. The van der Waals surface area contributed by atoms with Gasteiger partial charge in [0.2, 0.25) is 0 Å². The molecule has 1 unspecified atom stereocenters. The fourth-order valence-electron chi connectivity index (χ4n) is 1.51. The number of hydrogen-bond acceptors (Lipinski definition) is 3. The Morgan fingerprint density at radius 1 is 1.35 bits per heavy atom. The van der Waals surface area contributed by atoms with Crippen molar-refractivity contribution in [3.8, 4) is 0 Å². The Bertz CT molecular complexity index is 198. The summed E-state index contributed by atoms with van der Waals surface area (Å²) in [4.78, 5) is 1.82. The van der Waals surface area contributed by atoms with Crippen molar-refractivity contribution in [3.05, 3.63) is 0 Å². The lowest BCUT2D eigenvalue weighted by Gasteiger charge is -2.13. The molecule has 6 heteroatoms. The highest BCUT2D eigenvalue weighted by molar-refractivity contribution is 4.73. The van der Waals surface area contributed by atoms with Crippen molar-refractivity contribution < 1.29 is 22.6 Å². The standard InChI is InChI=1S/C6H10F3NO.C5H12O/c1-10-3-2-5(4-10)11-6(7,8)9;1-4-6-5(2)3/h5H,2-4H2,1H3;5H,4H2,1-3H3. The summed E-state index contributed by atoms with van der Waals surface area (Å²) in [6.07, 6.45) is -4.28. The van der Waals surface area contributed by atoms with E-state index in [2.05, 4.69) is 4.74 Å². The molecule has 104 valence electrons. The van der Waals surface area contributed by atoms with E-state index in [1.165, 1.54) is 0 Å². The Morgan fingerprint density at radius 3 is 2.18 bits per heavy atom. The molecule has 1 heterocycles. The van der Waals surface area contributed by atoms with Crippen molar-refractivity contribution in [2.75, 3.05) is 26.7 Å². The second-order valence-corrected chi connectivity index (χ2v) is 4.24. The summed E-state index contributed by atoms with van der Waals surface area (Å²) in [5.74, 6) is 0. The highest BCUT2D eigenvalue weighted by atomic mass is 19.4. The maximum atomic E-state index is 11.6. The van der Waals surface area contributed by atoms with Gasteiger partial charge in [-0.3, -0.25) is 4.74 Å². The summed E-state index contributed by atoms with van der Waals surface area (Å²) in [6, 6.07) is 0. The molecule has 0 radical (unpaired) electrons. The van der Waals surface area contributed by atoms with Crippen LogP contribution in [-0.4, -0.2) is 50.2 Å². The number of likely N-dealkylation sites (N-methyl/N-ethyl adjacent to an activating group) is 1. The topological polar surface area (TPSA) is 21.7 Å². The van der Waals surface area contributed by atoms with E-state index in [0.29, 0.717) is 25.6 Å². The lowest BCUT2D eigenvalue weighted by molar-refractivity contribution is -0.340. The molecule has 1 aliphatic rings. The minimum Gasteiger partial charge on any atom is -0.379 e. The zero-order valence-corrected chi connectivity index (χ0v) is 10.9. The molecule has 0 saturated carbocycles. The third-order valence-corrected chi connectivity index (χ3v) is 2.15. The molecule has 1 atom stereocenters. The zero-order chi connectivity index (χ0) is 13.5. The predicted molar refractivity (Wildman–Crippen MR) is 59.8 cm³/mol. The number of nitrogens with zero attached hydrogens (tertiary/aromatic N) is 1. The highest BCUT2D eigenvalue weighted by Crippen LogP contribution is 2.22. The molecule has 3 nitrogen and oxygen atoms in total. The Hall–Kier alpha value is -0.330. The fraction of sp³-hybridized carbons (Fsp3) is 1.00. The molecule has 1 rings (SSSR count). The van der Waals surface area contributed by atoms with Gasteiger partial charge >= 0.3 is 6.36 Å². The number of ether oxygens (including phenoxy) is 2. The number of likely N-dealkylation sites (tertiary alicyclic amines) is 1. The molecule has 1 fully saturated rings. The SMILES string of the molecule is CCOC(C)C.CN1CCC(OC(F)(F)F)C1. The first-order valence-corrected chi connectivity index (χ1v) is 5.79. The molecule has 0 aromatic heterocycles. The second-order valence-electron chi connectivity index (χ2n) is 4.24. The lowest BCUT2D eigenvalue weighted by Crippen LogP contribution is -2.26. The molecule has 0 aromatic carbocycles. The first-order chi connectivity index (χ1) is 7.74. The number of rotatable bonds is 3. The Morgan fingerprint density at radius 2 is 1.94 bits per heavy atom. The number of alkyl halides is 3. The van der Waals surface area contributed by atoms with Crippen LogP contribution < -0.4 is 0 Å². The van der Waals surface area contributed by atoms with Crippen LogP contribution in [0.4, 0.5) is 13.2 Å². The van der Waals surface area contributed by atoms with Gasteiger partial charge in [-0.1, -0.05) is 0 Å². The van der Waals surface area contributed by atoms with Crippen LogP contribution in [0.15, 0.2) is 0 Å². The molecule has 0 amide bonds. The minimum absolute atomic E-state index is 0.375. The average Bonchev–Trinajstić information content (AvgIpc) is 2.48. The Balaban J connectivity index is 0.000000366. The molecule has 1 aliphatic heterocycles. The van der Waals surface area contributed by atoms with Crippen LogP contribution in [0, 0.1) is 0 Å². The van der Waals surface area contributed by atoms with Gasteiger partial charge in [0.05, 0.1) is 12.2 Å². The first-order valence-electron chi connectivity index (χ1n) is 5.79. The van der Waals surface area contributed by atoms with Gasteiger partial charge in [-0.25, -0.2) is 0 Å². The lowest BCUT2D eigenvalue weighted by atomic mass is 10.3. The first kappa shape index (κ1) is 16.7. The third-order valence-electron chi connectivity index (χ3n) is 2.15. The molecule has 17 heavy (non-hydrogen) atoms. The van der Waals surface area contributed by atoms with Crippen LogP contribution in [0.2, 0.25) is 0 Å². The van der Waals surface area contributed by atoms with Gasteiger partial charge in [0.15, 0.2) is 0 Å². The summed E-state index contributed by atoms with van der Waals surface area (Å²) in [7, 11) is 1.78. The molecular formula is C11H22F3NO2. The van der Waals surface area contributed by atoms with Crippen LogP contribution in [0.5, 0.6) is 0 Å².